The minimum atomic E-state index is -1.05. The van der Waals surface area contributed by atoms with Crippen molar-refractivity contribution in [3.05, 3.63) is 53.1 Å². The van der Waals surface area contributed by atoms with Gasteiger partial charge in [0.2, 0.25) is 5.75 Å². The third-order valence-corrected chi connectivity index (χ3v) is 5.76. The summed E-state index contributed by atoms with van der Waals surface area (Å²) in [6.07, 6.45) is -1.98. The summed E-state index contributed by atoms with van der Waals surface area (Å²) in [5, 5.41) is 50.0. The average Bonchev–Trinajstić information content (AvgIpc) is 2.85. The molecule has 0 bridgehead atoms. The maximum Gasteiger partial charge on any atom is 0.338 e. The van der Waals surface area contributed by atoms with E-state index in [9.17, 15) is 30.3 Å². The number of hydrogen-bond donors (Lipinski definition) is 5. The number of fused-ring (bicyclic) bond motifs is 1. The number of ether oxygens (including phenoxy) is 5. The molecule has 11 heteroatoms. The first-order valence-electron chi connectivity index (χ1n) is 10.6. The number of phenols is 5. The molecule has 0 radical (unpaired) electrons. The van der Waals surface area contributed by atoms with Crippen molar-refractivity contribution in [2.24, 2.45) is 0 Å². The first-order chi connectivity index (χ1) is 17.2. The van der Waals surface area contributed by atoms with Gasteiger partial charge in [0.05, 0.1) is 26.9 Å². The van der Waals surface area contributed by atoms with Gasteiger partial charge < -0.3 is 49.2 Å². The lowest BCUT2D eigenvalue weighted by Gasteiger charge is -2.34. The van der Waals surface area contributed by atoms with Crippen molar-refractivity contribution < 1.29 is 54.0 Å². The van der Waals surface area contributed by atoms with Gasteiger partial charge in [-0.05, 0) is 24.3 Å². The summed E-state index contributed by atoms with van der Waals surface area (Å²) < 4.78 is 27.5. The van der Waals surface area contributed by atoms with Crippen LogP contribution < -0.4 is 18.9 Å². The fourth-order valence-corrected chi connectivity index (χ4v) is 4.03. The van der Waals surface area contributed by atoms with E-state index < -0.39 is 46.9 Å². The Balaban J connectivity index is 1.76. The van der Waals surface area contributed by atoms with Crippen LogP contribution in [0.2, 0.25) is 0 Å². The van der Waals surface area contributed by atoms with Crippen LogP contribution in [0.4, 0.5) is 0 Å². The fraction of sp³-hybridized carbons (Fsp3) is 0.240. The van der Waals surface area contributed by atoms with Crippen molar-refractivity contribution in [2.45, 2.75) is 18.6 Å². The second-order valence-electron chi connectivity index (χ2n) is 7.95. The van der Waals surface area contributed by atoms with E-state index in [0.717, 1.165) is 12.1 Å². The van der Waals surface area contributed by atoms with Gasteiger partial charge in [-0.3, -0.25) is 0 Å². The Morgan fingerprint density at radius 1 is 0.833 bits per heavy atom. The molecule has 0 saturated carbocycles. The van der Waals surface area contributed by atoms with E-state index in [1.54, 1.807) is 12.1 Å². The molecule has 0 amide bonds. The number of aromatic hydroxyl groups is 5. The van der Waals surface area contributed by atoms with Crippen molar-refractivity contribution >= 4 is 5.97 Å². The summed E-state index contributed by atoms with van der Waals surface area (Å²) in [5.74, 6) is -2.72. The highest BCUT2D eigenvalue weighted by atomic mass is 16.6. The zero-order valence-corrected chi connectivity index (χ0v) is 19.5. The summed E-state index contributed by atoms with van der Waals surface area (Å²) in [5.41, 5.74) is 0.613. The number of phenolic OH excluding ortho intramolecular Hbond substituents is 5. The number of carbonyl (C=O) groups excluding carboxylic acids is 1. The highest BCUT2D eigenvalue weighted by Gasteiger charge is 2.37. The summed E-state index contributed by atoms with van der Waals surface area (Å²) in [6.45, 7) is 0. The fourth-order valence-electron chi connectivity index (χ4n) is 4.03. The summed E-state index contributed by atoms with van der Waals surface area (Å²) in [4.78, 5) is 13.0. The normalized spacial score (nSPS) is 16.4. The second-order valence-corrected chi connectivity index (χ2v) is 7.95. The molecule has 1 heterocycles. The maximum absolute atomic E-state index is 13.0. The Morgan fingerprint density at radius 2 is 1.47 bits per heavy atom. The molecule has 36 heavy (non-hydrogen) atoms. The van der Waals surface area contributed by atoms with Crippen LogP contribution in [0.3, 0.4) is 0 Å². The third kappa shape index (κ3) is 4.38. The van der Waals surface area contributed by atoms with Crippen molar-refractivity contribution in [3.63, 3.8) is 0 Å². The smallest absolute Gasteiger partial charge is 0.338 e. The predicted octanol–water partition coefficient (Wildman–Crippen LogP) is 3.14. The lowest BCUT2D eigenvalue weighted by atomic mass is 9.93. The number of methoxy groups -OCH3 is 3. The van der Waals surface area contributed by atoms with Crippen LogP contribution in [0.5, 0.6) is 51.7 Å². The highest BCUT2D eigenvalue weighted by Crippen LogP contribution is 2.46. The first kappa shape index (κ1) is 24.5. The van der Waals surface area contributed by atoms with E-state index in [4.69, 9.17) is 23.7 Å². The van der Waals surface area contributed by atoms with Crippen molar-refractivity contribution in [2.75, 3.05) is 21.3 Å². The van der Waals surface area contributed by atoms with Crippen LogP contribution in [0, 0.1) is 0 Å². The largest absolute Gasteiger partial charge is 0.504 e. The minimum Gasteiger partial charge on any atom is -0.504 e. The SMILES string of the molecule is COc1cc(OC)c2c(c1)OC(c1cc(O)c(O)c(O)c1)C(OC(=O)c1cc(O)c(OC)c(O)c1)C2. The van der Waals surface area contributed by atoms with Gasteiger partial charge in [0.25, 0.3) is 0 Å². The zero-order valence-electron chi connectivity index (χ0n) is 19.5. The first-order valence-corrected chi connectivity index (χ1v) is 10.6. The van der Waals surface area contributed by atoms with Gasteiger partial charge in [0.1, 0.15) is 23.4 Å². The number of benzene rings is 3. The predicted molar refractivity (Wildman–Crippen MR) is 124 cm³/mol. The Kier molecular flexibility index (Phi) is 6.47. The minimum absolute atomic E-state index is 0.0927. The molecule has 0 spiro atoms. The molecule has 11 nitrogen and oxygen atoms in total. The van der Waals surface area contributed by atoms with E-state index >= 15 is 0 Å². The molecule has 1 aliphatic rings. The molecule has 4 rings (SSSR count). The zero-order chi connectivity index (χ0) is 26.1. The Morgan fingerprint density at radius 3 is 2.03 bits per heavy atom. The van der Waals surface area contributed by atoms with Gasteiger partial charge in [-0.1, -0.05) is 0 Å². The van der Waals surface area contributed by atoms with Crippen LogP contribution in [0.1, 0.15) is 27.6 Å². The summed E-state index contributed by atoms with van der Waals surface area (Å²) in [7, 11) is 4.18. The molecule has 0 fully saturated rings. The molecule has 0 aromatic heterocycles. The number of esters is 1. The van der Waals surface area contributed by atoms with Crippen molar-refractivity contribution in [1.29, 1.82) is 0 Å². The number of hydrogen-bond acceptors (Lipinski definition) is 11. The second kappa shape index (κ2) is 9.53. The van der Waals surface area contributed by atoms with Gasteiger partial charge in [0.15, 0.2) is 34.9 Å². The highest BCUT2D eigenvalue weighted by molar-refractivity contribution is 5.91. The van der Waals surface area contributed by atoms with Crippen LogP contribution in [-0.2, 0) is 11.2 Å². The molecule has 190 valence electrons. The molecule has 5 N–H and O–H groups in total. The molecule has 1 aliphatic heterocycles. The molecule has 2 atom stereocenters. The number of carbonyl (C=O) groups is 1. The van der Waals surface area contributed by atoms with Gasteiger partial charge in [-0.2, -0.15) is 0 Å². The maximum atomic E-state index is 13.0. The summed E-state index contributed by atoms with van der Waals surface area (Å²) in [6, 6.07) is 7.76. The van der Waals surface area contributed by atoms with Crippen LogP contribution >= 0.6 is 0 Å². The molecule has 0 saturated heterocycles. The summed E-state index contributed by atoms with van der Waals surface area (Å²) >= 11 is 0. The molecule has 0 aliphatic carbocycles. The quantitative estimate of drug-likeness (QED) is 0.249. The van der Waals surface area contributed by atoms with Crippen molar-refractivity contribution in [1.82, 2.24) is 0 Å². The lowest BCUT2D eigenvalue weighted by molar-refractivity contribution is -0.0189. The molecular weight excluding hydrogens is 476 g/mol. The van der Waals surface area contributed by atoms with E-state index in [-0.39, 0.29) is 23.3 Å². The van der Waals surface area contributed by atoms with Crippen molar-refractivity contribution in [3.8, 4) is 51.7 Å². The third-order valence-electron chi connectivity index (χ3n) is 5.76. The Bertz CT molecular complexity index is 1270. The van der Waals surface area contributed by atoms with E-state index in [2.05, 4.69) is 0 Å². The molecule has 3 aromatic carbocycles. The Labute approximate surface area is 205 Å². The van der Waals surface area contributed by atoms with Crippen LogP contribution in [0.25, 0.3) is 0 Å². The topological polar surface area (TPSA) is 164 Å². The van der Waals surface area contributed by atoms with Gasteiger partial charge in [-0.25, -0.2) is 4.79 Å². The van der Waals surface area contributed by atoms with Gasteiger partial charge >= 0.3 is 5.97 Å². The Hall–Kier alpha value is -4.67. The van der Waals surface area contributed by atoms with E-state index in [1.165, 1.54) is 33.5 Å². The van der Waals surface area contributed by atoms with E-state index in [0.29, 0.717) is 22.8 Å². The van der Waals surface area contributed by atoms with Crippen LogP contribution in [-0.4, -0.2) is 58.9 Å². The van der Waals surface area contributed by atoms with Gasteiger partial charge in [-0.15, -0.1) is 0 Å². The van der Waals surface area contributed by atoms with Gasteiger partial charge in [0, 0.05) is 29.7 Å². The molecular formula is C25H24O11. The average molecular weight is 500 g/mol. The monoisotopic (exact) mass is 500 g/mol. The van der Waals surface area contributed by atoms with Crippen LogP contribution in [0.15, 0.2) is 36.4 Å². The number of rotatable bonds is 6. The standard InChI is InChI=1S/C25H24O11/c1-32-13-8-19(33-2)14-10-21(36-25(31)12-6-17(28)24(34-3)18(29)7-12)23(35-20(14)9-13)11-4-15(26)22(30)16(27)5-11/h4-9,21,23,26-30H,10H2,1-3H3. The molecule has 3 aromatic rings. The lowest BCUT2D eigenvalue weighted by Crippen LogP contribution is -2.35. The molecule has 2 unspecified atom stereocenters. The van der Waals surface area contributed by atoms with E-state index in [1.807, 2.05) is 0 Å².